The number of carboxylic acids is 1. The van der Waals surface area contributed by atoms with Crippen LogP contribution in [0.3, 0.4) is 0 Å². The van der Waals surface area contributed by atoms with Gasteiger partial charge in [0.1, 0.15) is 12.1 Å². The molecule has 1 saturated heterocycles. The van der Waals surface area contributed by atoms with Gasteiger partial charge in [-0.05, 0) is 62.7 Å². The van der Waals surface area contributed by atoms with E-state index in [1.165, 1.54) is 6.42 Å². The molecule has 202 valence electrons. The van der Waals surface area contributed by atoms with Crippen LogP contribution in [0, 0.1) is 23.2 Å². The molecule has 0 spiro atoms. The number of hydrogen-bond donors (Lipinski definition) is 3. The molecule has 0 aromatic carbocycles. The number of amides is 2. The van der Waals surface area contributed by atoms with E-state index >= 15 is 0 Å². The molecule has 0 aromatic rings. The fourth-order valence-corrected chi connectivity index (χ4v) is 6.44. The third-order valence-electron chi connectivity index (χ3n) is 8.36. The largest absolute Gasteiger partial charge is 0.480 e. The van der Waals surface area contributed by atoms with Crippen LogP contribution in [0.1, 0.15) is 86.0 Å². The molecule has 2 amide bonds. The Bertz CT molecular complexity index is 856. The lowest BCUT2D eigenvalue weighted by molar-refractivity contribution is -0.152. The molecule has 1 heterocycles. The van der Waals surface area contributed by atoms with Crippen LogP contribution in [0.2, 0.25) is 0 Å². The summed E-state index contributed by atoms with van der Waals surface area (Å²) in [5.41, 5.74) is 0.300. The Morgan fingerprint density at radius 2 is 1.75 bits per heavy atom. The molecule has 5 atom stereocenters. The Morgan fingerprint density at radius 3 is 2.33 bits per heavy atom. The van der Waals surface area contributed by atoms with E-state index in [0.717, 1.165) is 50.6 Å². The van der Waals surface area contributed by atoms with Crippen LogP contribution >= 0.6 is 0 Å². The van der Waals surface area contributed by atoms with E-state index in [1.807, 2.05) is 40.7 Å². The van der Waals surface area contributed by atoms with Crippen LogP contribution in [-0.2, 0) is 14.4 Å². The fraction of sp³-hybridized carbons (Fsp3) is 0.786. The Hall–Kier alpha value is -2.22. The van der Waals surface area contributed by atoms with Crippen molar-refractivity contribution in [1.82, 2.24) is 15.5 Å². The van der Waals surface area contributed by atoms with Crippen LogP contribution in [0.4, 0.5) is 0 Å². The van der Waals surface area contributed by atoms with Crippen LogP contribution in [0.5, 0.6) is 0 Å². The molecule has 2 aliphatic carbocycles. The summed E-state index contributed by atoms with van der Waals surface area (Å²) in [6.45, 7) is 10.5. The van der Waals surface area contributed by atoms with E-state index in [2.05, 4.69) is 15.6 Å². The molecular weight excluding hydrogens is 456 g/mol. The van der Waals surface area contributed by atoms with Gasteiger partial charge >= 0.3 is 5.97 Å². The smallest absolute Gasteiger partial charge is 0.326 e. The van der Waals surface area contributed by atoms with Gasteiger partial charge in [-0.15, -0.1) is 0 Å². The van der Waals surface area contributed by atoms with E-state index in [0.29, 0.717) is 13.1 Å². The number of fused-ring (bicyclic) bond motifs is 1. The molecular formula is C28H46N4O4. The number of allylic oxidation sites excluding steroid dienone is 1. The summed E-state index contributed by atoms with van der Waals surface area (Å²) in [6, 6.07) is -2.03. The number of carboxylic acid groups (broad SMARTS) is 1. The zero-order chi connectivity index (χ0) is 26.5. The first kappa shape index (κ1) is 28.4. The molecule has 8 heteroatoms. The molecule has 0 aromatic heterocycles. The fourth-order valence-electron chi connectivity index (χ4n) is 6.44. The predicted octanol–water partition coefficient (Wildman–Crippen LogP) is 3.76. The average molecular weight is 503 g/mol. The molecule has 2 saturated carbocycles. The SMILES string of the molecule is CC=N/C(=C\C)CN[C@H](C(=O)NC(C(=O)N1CC2CCCC2[C@H]1C(=O)O)C(C)(C)C)C1CCCCC1. The van der Waals surface area contributed by atoms with Gasteiger partial charge in [0.2, 0.25) is 11.8 Å². The summed E-state index contributed by atoms with van der Waals surface area (Å²) in [4.78, 5) is 45.8. The summed E-state index contributed by atoms with van der Waals surface area (Å²) >= 11 is 0. The minimum absolute atomic E-state index is 0.0118. The molecule has 0 bridgehead atoms. The monoisotopic (exact) mass is 502 g/mol. The van der Waals surface area contributed by atoms with Crippen molar-refractivity contribution >= 4 is 24.0 Å². The molecule has 1 aliphatic heterocycles. The van der Waals surface area contributed by atoms with Crippen molar-refractivity contribution in [2.75, 3.05) is 13.1 Å². The van der Waals surface area contributed by atoms with Gasteiger partial charge in [0.15, 0.2) is 0 Å². The number of aliphatic carboxylic acids is 1. The highest BCUT2D eigenvalue weighted by Crippen LogP contribution is 2.43. The van der Waals surface area contributed by atoms with Crippen molar-refractivity contribution in [2.45, 2.75) is 104 Å². The second kappa shape index (κ2) is 12.3. The van der Waals surface area contributed by atoms with Crippen molar-refractivity contribution < 1.29 is 19.5 Å². The van der Waals surface area contributed by atoms with Gasteiger partial charge in [-0.2, -0.15) is 0 Å². The van der Waals surface area contributed by atoms with Gasteiger partial charge in [0, 0.05) is 25.0 Å². The van der Waals surface area contributed by atoms with Crippen molar-refractivity contribution in [3.8, 4) is 0 Å². The number of nitrogens with zero attached hydrogens (tertiary/aromatic N) is 2. The highest BCUT2D eigenvalue weighted by Gasteiger charge is 2.52. The third kappa shape index (κ3) is 6.55. The molecule has 8 nitrogen and oxygen atoms in total. The maximum Gasteiger partial charge on any atom is 0.326 e. The molecule has 36 heavy (non-hydrogen) atoms. The summed E-state index contributed by atoms with van der Waals surface area (Å²) in [5, 5.41) is 16.5. The summed E-state index contributed by atoms with van der Waals surface area (Å²) in [6.07, 6.45) is 11.8. The quantitative estimate of drug-likeness (QED) is 0.416. The normalized spacial score (nSPS) is 27.2. The highest BCUT2D eigenvalue weighted by molar-refractivity contribution is 5.93. The van der Waals surface area contributed by atoms with Crippen molar-refractivity contribution in [2.24, 2.45) is 28.2 Å². The maximum atomic E-state index is 13.9. The predicted molar refractivity (Wildman–Crippen MR) is 142 cm³/mol. The Kier molecular flexibility index (Phi) is 9.72. The molecule has 3 fully saturated rings. The van der Waals surface area contributed by atoms with E-state index in [1.54, 1.807) is 11.1 Å². The van der Waals surface area contributed by atoms with Gasteiger partial charge in [-0.1, -0.05) is 52.5 Å². The van der Waals surface area contributed by atoms with Gasteiger partial charge in [-0.3, -0.25) is 19.9 Å². The second-order valence-corrected chi connectivity index (χ2v) is 11.9. The molecule has 3 unspecified atom stereocenters. The third-order valence-corrected chi connectivity index (χ3v) is 8.36. The summed E-state index contributed by atoms with van der Waals surface area (Å²) < 4.78 is 0. The molecule has 3 rings (SSSR count). The lowest BCUT2D eigenvalue weighted by atomic mass is 9.82. The van der Waals surface area contributed by atoms with Gasteiger partial charge in [0.05, 0.1) is 6.04 Å². The first-order chi connectivity index (χ1) is 17.1. The van der Waals surface area contributed by atoms with Crippen molar-refractivity contribution in [1.29, 1.82) is 0 Å². The highest BCUT2D eigenvalue weighted by atomic mass is 16.4. The molecule has 0 radical (unpaired) electrons. The van der Waals surface area contributed by atoms with E-state index < -0.39 is 29.5 Å². The van der Waals surface area contributed by atoms with E-state index in [9.17, 15) is 19.5 Å². The summed E-state index contributed by atoms with van der Waals surface area (Å²) in [7, 11) is 0. The Balaban J connectivity index is 1.81. The number of nitrogens with one attached hydrogen (secondary N) is 2. The number of likely N-dealkylation sites (tertiary alicyclic amines) is 1. The maximum absolute atomic E-state index is 13.9. The second-order valence-electron chi connectivity index (χ2n) is 11.9. The Morgan fingerprint density at radius 1 is 1.06 bits per heavy atom. The average Bonchev–Trinajstić information content (AvgIpc) is 3.42. The van der Waals surface area contributed by atoms with Crippen molar-refractivity contribution in [3.05, 3.63) is 11.8 Å². The zero-order valence-corrected chi connectivity index (χ0v) is 22.8. The lowest BCUT2D eigenvalue weighted by Gasteiger charge is -2.37. The van der Waals surface area contributed by atoms with E-state index in [4.69, 9.17) is 0 Å². The van der Waals surface area contributed by atoms with Gasteiger partial charge < -0.3 is 15.3 Å². The summed E-state index contributed by atoms with van der Waals surface area (Å²) in [5.74, 6) is -0.953. The standard InChI is InChI=1S/C28H46N4O4/c1-6-20(29-7-2)16-30-22(18-12-9-8-10-13-18)25(33)31-24(28(3,4)5)26(34)32-17-19-14-11-15-21(19)23(32)27(35)36/h6-7,18-19,21-24,30H,8-17H2,1-5H3,(H,31,33)(H,35,36)/b20-6-,29-7?/t19?,21?,22-,23-,24?/m0/s1. The van der Waals surface area contributed by atoms with Gasteiger partial charge in [-0.25, -0.2) is 4.79 Å². The Labute approximate surface area is 216 Å². The number of aliphatic imine (C=N–C) groups is 1. The number of carbonyl (C=O) groups excluding carboxylic acids is 2. The number of carbonyl (C=O) groups is 3. The lowest BCUT2D eigenvalue weighted by Crippen LogP contribution is -2.61. The first-order valence-corrected chi connectivity index (χ1v) is 13.8. The van der Waals surface area contributed by atoms with Crippen LogP contribution < -0.4 is 10.6 Å². The van der Waals surface area contributed by atoms with Crippen LogP contribution in [0.25, 0.3) is 0 Å². The van der Waals surface area contributed by atoms with Crippen molar-refractivity contribution in [3.63, 3.8) is 0 Å². The minimum Gasteiger partial charge on any atom is -0.480 e. The van der Waals surface area contributed by atoms with Crippen LogP contribution in [0.15, 0.2) is 16.8 Å². The van der Waals surface area contributed by atoms with Gasteiger partial charge in [0.25, 0.3) is 0 Å². The zero-order valence-electron chi connectivity index (χ0n) is 22.8. The minimum atomic E-state index is -0.936. The molecule has 3 N–H and O–H groups in total. The van der Waals surface area contributed by atoms with E-state index in [-0.39, 0.29) is 29.6 Å². The molecule has 3 aliphatic rings. The van der Waals surface area contributed by atoms with Crippen LogP contribution in [-0.4, -0.2) is 65.2 Å². The number of rotatable bonds is 9. The number of hydrogen-bond acceptors (Lipinski definition) is 5. The topological polar surface area (TPSA) is 111 Å². The first-order valence-electron chi connectivity index (χ1n) is 13.8.